The number of amides is 1. The monoisotopic (exact) mass is 303 g/mol. The molecule has 7 nitrogen and oxygen atoms in total. The highest BCUT2D eigenvalue weighted by Crippen LogP contribution is 2.19. The van der Waals surface area contributed by atoms with Gasteiger partial charge in [0.05, 0.1) is 22.6 Å². The largest absolute Gasteiger partial charge is 0.378 e. The van der Waals surface area contributed by atoms with Crippen molar-refractivity contribution in [1.82, 2.24) is 10.2 Å². The smallest absolute Gasteiger partial charge is 0.272 e. The molecule has 1 aliphatic heterocycles. The highest BCUT2D eigenvalue weighted by molar-refractivity contribution is 6.01. The van der Waals surface area contributed by atoms with Crippen LogP contribution in [0, 0.1) is 0 Å². The molecule has 1 amide bonds. The highest BCUT2D eigenvalue weighted by Gasteiger charge is 2.17. The van der Waals surface area contributed by atoms with Crippen LogP contribution in [-0.4, -0.2) is 28.8 Å². The number of anilines is 1. The minimum absolute atomic E-state index is 0.143. The average molecular weight is 303 g/mol. The van der Waals surface area contributed by atoms with Gasteiger partial charge in [-0.05, 0) is 31.4 Å². The summed E-state index contributed by atoms with van der Waals surface area (Å²) in [5, 5.41) is 7.68. The Morgan fingerprint density at radius 3 is 2.86 bits per heavy atom. The number of carbonyl (C=O) groups excluding carboxylic acids is 1. The third-order valence-electron chi connectivity index (χ3n) is 3.82. The molecule has 3 rings (SSSR count). The van der Waals surface area contributed by atoms with E-state index in [2.05, 4.69) is 15.5 Å². The molecule has 0 spiro atoms. The lowest BCUT2D eigenvalue weighted by atomic mass is 10.1. The Kier molecular flexibility index (Phi) is 4.06. The van der Waals surface area contributed by atoms with Gasteiger partial charge in [0, 0.05) is 13.0 Å². The average Bonchev–Trinajstić information content (AvgIpc) is 3.02. The van der Waals surface area contributed by atoms with E-state index in [1.807, 2.05) is 0 Å². The molecular weight excluding hydrogens is 286 g/mol. The maximum Gasteiger partial charge on any atom is 0.272 e. The Hall–Kier alpha value is -2.41. The molecule has 22 heavy (non-hydrogen) atoms. The number of hydrogen-bond acceptors (Lipinski definition) is 4. The maximum atomic E-state index is 12.0. The normalized spacial score (nSPS) is 17.7. The van der Waals surface area contributed by atoms with Crippen LogP contribution < -0.4 is 16.4 Å². The Morgan fingerprint density at radius 1 is 1.27 bits per heavy atom. The molecule has 0 bridgehead atoms. The van der Waals surface area contributed by atoms with Gasteiger partial charge in [-0.15, -0.1) is 0 Å². The van der Waals surface area contributed by atoms with E-state index in [1.54, 1.807) is 18.2 Å². The summed E-state index contributed by atoms with van der Waals surface area (Å²) < 4.78 is 5.48. The Balaban J connectivity index is 1.78. The fourth-order valence-corrected chi connectivity index (χ4v) is 2.71. The molecule has 1 fully saturated rings. The summed E-state index contributed by atoms with van der Waals surface area (Å²) in [5.74, 6) is -0.192. The molecule has 1 aromatic heterocycles. The van der Waals surface area contributed by atoms with Crippen molar-refractivity contribution < 1.29 is 9.53 Å². The molecule has 1 saturated heterocycles. The van der Waals surface area contributed by atoms with Gasteiger partial charge >= 0.3 is 0 Å². The van der Waals surface area contributed by atoms with Crippen LogP contribution in [0.15, 0.2) is 27.8 Å². The first-order valence-electron chi connectivity index (χ1n) is 7.30. The molecule has 7 heteroatoms. The van der Waals surface area contributed by atoms with Gasteiger partial charge < -0.3 is 10.1 Å². The van der Waals surface area contributed by atoms with E-state index in [-0.39, 0.29) is 22.8 Å². The Labute approximate surface area is 125 Å². The number of nitrogens with one attached hydrogen (secondary N) is 3. The van der Waals surface area contributed by atoms with E-state index in [0.29, 0.717) is 18.5 Å². The van der Waals surface area contributed by atoms with Crippen molar-refractivity contribution in [1.29, 1.82) is 0 Å². The van der Waals surface area contributed by atoms with Crippen LogP contribution in [0.4, 0.5) is 5.69 Å². The second kappa shape index (κ2) is 6.15. The topological polar surface area (TPSA) is 104 Å². The molecule has 0 unspecified atom stereocenters. The summed E-state index contributed by atoms with van der Waals surface area (Å²) in [6.45, 7) is 0.758. The van der Waals surface area contributed by atoms with Crippen molar-refractivity contribution in [2.24, 2.45) is 0 Å². The maximum absolute atomic E-state index is 12.0. The number of benzene rings is 1. The van der Waals surface area contributed by atoms with Crippen LogP contribution in [0.2, 0.25) is 0 Å². The van der Waals surface area contributed by atoms with Gasteiger partial charge in [-0.2, -0.15) is 0 Å². The molecule has 2 heterocycles. The van der Waals surface area contributed by atoms with E-state index in [9.17, 15) is 14.4 Å². The summed E-state index contributed by atoms with van der Waals surface area (Å²) in [6, 6.07) is 4.79. The summed E-state index contributed by atoms with van der Waals surface area (Å²) in [7, 11) is 0. The van der Waals surface area contributed by atoms with Crippen LogP contribution in [0.25, 0.3) is 10.8 Å². The quantitative estimate of drug-likeness (QED) is 0.787. The summed E-state index contributed by atoms with van der Waals surface area (Å²) in [5.41, 5.74) is -0.489. The first-order valence-corrected chi connectivity index (χ1v) is 7.30. The minimum Gasteiger partial charge on any atom is -0.378 e. The van der Waals surface area contributed by atoms with Crippen molar-refractivity contribution in [2.75, 3.05) is 11.9 Å². The first-order chi connectivity index (χ1) is 10.6. The van der Waals surface area contributed by atoms with E-state index in [0.717, 1.165) is 19.4 Å². The second-order valence-corrected chi connectivity index (χ2v) is 5.36. The number of fused-ring (bicyclic) bond motifs is 1. The van der Waals surface area contributed by atoms with Crippen LogP contribution >= 0.6 is 0 Å². The summed E-state index contributed by atoms with van der Waals surface area (Å²) in [6.07, 6.45) is 3.14. The zero-order valence-corrected chi connectivity index (χ0v) is 12.0. The minimum atomic E-state index is -0.440. The van der Waals surface area contributed by atoms with Crippen molar-refractivity contribution >= 4 is 22.4 Å². The van der Waals surface area contributed by atoms with Crippen LogP contribution in [-0.2, 0) is 9.53 Å². The number of rotatable bonds is 4. The van der Waals surface area contributed by atoms with Gasteiger partial charge in [-0.3, -0.25) is 24.6 Å². The zero-order valence-electron chi connectivity index (χ0n) is 12.0. The third-order valence-corrected chi connectivity index (χ3v) is 3.82. The Bertz CT molecular complexity index is 802. The van der Waals surface area contributed by atoms with Crippen LogP contribution in [0.1, 0.15) is 25.7 Å². The van der Waals surface area contributed by atoms with E-state index in [4.69, 9.17) is 4.74 Å². The fraction of sp³-hybridized carbons (Fsp3) is 0.400. The standard InChI is InChI=1S/C15H17N3O4/c19-12(7-6-9-3-2-8-22-9)16-11-5-1-4-10-13(11)15(21)18-17-14(10)20/h1,4-5,9H,2-3,6-8H2,(H,16,19)(H,17,20)(H,18,21)/t9-/m1/s1. The number of H-pyrrole nitrogens is 2. The van der Waals surface area contributed by atoms with Crippen molar-refractivity contribution in [3.63, 3.8) is 0 Å². The lowest BCUT2D eigenvalue weighted by Gasteiger charge is -2.10. The molecule has 2 aromatic rings. The fourth-order valence-electron chi connectivity index (χ4n) is 2.71. The second-order valence-electron chi connectivity index (χ2n) is 5.36. The molecule has 3 N–H and O–H groups in total. The molecule has 1 aromatic carbocycles. The van der Waals surface area contributed by atoms with Crippen LogP contribution in [0.5, 0.6) is 0 Å². The number of aromatic nitrogens is 2. The molecule has 1 aliphatic rings. The molecule has 1 atom stereocenters. The van der Waals surface area contributed by atoms with Gasteiger partial charge in [0.15, 0.2) is 0 Å². The number of ether oxygens (including phenoxy) is 1. The number of carbonyl (C=O) groups is 1. The molecule has 0 saturated carbocycles. The van der Waals surface area contributed by atoms with Crippen molar-refractivity contribution in [3.8, 4) is 0 Å². The van der Waals surface area contributed by atoms with Crippen LogP contribution in [0.3, 0.4) is 0 Å². The van der Waals surface area contributed by atoms with E-state index in [1.165, 1.54) is 0 Å². The van der Waals surface area contributed by atoms with Crippen molar-refractivity contribution in [2.45, 2.75) is 31.8 Å². The summed E-state index contributed by atoms with van der Waals surface area (Å²) in [4.78, 5) is 35.7. The predicted octanol–water partition coefficient (Wildman–Crippen LogP) is 1.11. The zero-order chi connectivity index (χ0) is 15.5. The van der Waals surface area contributed by atoms with Gasteiger partial charge in [0.25, 0.3) is 11.1 Å². The molecular formula is C15H17N3O4. The molecule has 0 aliphatic carbocycles. The number of hydrogen-bond donors (Lipinski definition) is 3. The van der Waals surface area contributed by atoms with Crippen molar-refractivity contribution in [3.05, 3.63) is 38.9 Å². The first kappa shape index (κ1) is 14.5. The molecule has 0 radical (unpaired) electrons. The highest BCUT2D eigenvalue weighted by atomic mass is 16.5. The summed E-state index contributed by atoms with van der Waals surface area (Å²) >= 11 is 0. The Morgan fingerprint density at radius 2 is 2.09 bits per heavy atom. The predicted molar refractivity (Wildman–Crippen MR) is 82.0 cm³/mol. The third kappa shape index (κ3) is 2.94. The van der Waals surface area contributed by atoms with Gasteiger partial charge in [-0.25, -0.2) is 0 Å². The number of aromatic amines is 2. The lowest BCUT2D eigenvalue weighted by molar-refractivity contribution is -0.116. The molecule has 116 valence electrons. The van der Waals surface area contributed by atoms with Gasteiger partial charge in [0.2, 0.25) is 5.91 Å². The van der Waals surface area contributed by atoms with Gasteiger partial charge in [0.1, 0.15) is 0 Å². The SMILES string of the molecule is O=C(CC[C@H]1CCCO1)Nc1cccc2c(=O)[nH][nH]c(=O)c12. The van der Waals surface area contributed by atoms with E-state index < -0.39 is 11.1 Å². The van der Waals surface area contributed by atoms with Gasteiger partial charge in [-0.1, -0.05) is 6.07 Å². The lowest BCUT2D eigenvalue weighted by Crippen LogP contribution is -2.22. The van der Waals surface area contributed by atoms with E-state index >= 15 is 0 Å².